The van der Waals surface area contributed by atoms with Crippen LogP contribution in [0.2, 0.25) is 0 Å². The lowest BCUT2D eigenvalue weighted by Gasteiger charge is -2.13. The number of nitrogens with one attached hydrogen (secondary N) is 1. The van der Waals surface area contributed by atoms with Crippen LogP contribution in [0, 0.1) is 0 Å². The van der Waals surface area contributed by atoms with E-state index in [1.807, 2.05) is 55.5 Å². The highest BCUT2D eigenvalue weighted by molar-refractivity contribution is 5.95. The zero-order valence-corrected chi connectivity index (χ0v) is 14.3. The normalized spacial score (nSPS) is 11.0. The van der Waals surface area contributed by atoms with E-state index in [9.17, 15) is 4.79 Å². The van der Waals surface area contributed by atoms with E-state index in [0.717, 1.165) is 23.4 Å². The molecule has 0 bridgehead atoms. The summed E-state index contributed by atoms with van der Waals surface area (Å²) in [5, 5.41) is 2.95. The molecule has 0 unspecified atom stereocenters. The Bertz CT molecular complexity index is 665. The summed E-state index contributed by atoms with van der Waals surface area (Å²) in [4.78, 5) is 18.8. The standard InChI is InChI=1S/C19H25N3O/c1-14(2)18-17(9-6-10-20-18)15-7-5-8-16(13-15)19(23)21-11-12-22(3)4/h5-10,13-14H,11-12H2,1-4H3,(H,21,23). The van der Waals surface area contributed by atoms with Crippen molar-refractivity contribution in [3.05, 3.63) is 53.9 Å². The summed E-state index contributed by atoms with van der Waals surface area (Å²) in [6.45, 7) is 5.72. The molecule has 1 heterocycles. The average Bonchev–Trinajstić information content (AvgIpc) is 2.54. The van der Waals surface area contributed by atoms with Crippen molar-refractivity contribution in [3.63, 3.8) is 0 Å². The Morgan fingerprint density at radius 1 is 1.22 bits per heavy atom. The molecule has 0 atom stereocenters. The highest BCUT2D eigenvalue weighted by Gasteiger charge is 2.12. The van der Waals surface area contributed by atoms with Crippen LogP contribution in [0.15, 0.2) is 42.6 Å². The zero-order chi connectivity index (χ0) is 16.8. The third-order valence-corrected chi connectivity index (χ3v) is 3.67. The number of pyridine rings is 1. The molecule has 0 aliphatic rings. The maximum Gasteiger partial charge on any atom is 0.251 e. The molecular weight excluding hydrogens is 286 g/mol. The maximum atomic E-state index is 12.3. The molecule has 2 aromatic rings. The van der Waals surface area contributed by atoms with Gasteiger partial charge >= 0.3 is 0 Å². The molecule has 0 aliphatic carbocycles. The monoisotopic (exact) mass is 311 g/mol. The van der Waals surface area contributed by atoms with Crippen LogP contribution < -0.4 is 5.32 Å². The second-order valence-electron chi connectivity index (χ2n) is 6.23. The summed E-state index contributed by atoms with van der Waals surface area (Å²) >= 11 is 0. The largest absolute Gasteiger partial charge is 0.351 e. The molecule has 1 N–H and O–H groups in total. The van der Waals surface area contributed by atoms with Crippen molar-refractivity contribution in [2.75, 3.05) is 27.2 Å². The Labute approximate surface area is 138 Å². The highest BCUT2D eigenvalue weighted by atomic mass is 16.1. The summed E-state index contributed by atoms with van der Waals surface area (Å²) in [6, 6.07) is 11.7. The number of benzene rings is 1. The number of carbonyl (C=O) groups excluding carboxylic acids is 1. The van der Waals surface area contributed by atoms with E-state index in [1.165, 1.54) is 0 Å². The summed E-state index contributed by atoms with van der Waals surface area (Å²) in [7, 11) is 3.98. The second kappa shape index (κ2) is 7.88. The molecule has 1 amide bonds. The van der Waals surface area contributed by atoms with Crippen molar-refractivity contribution >= 4 is 5.91 Å². The first-order valence-electron chi connectivity index (χ1n) is 7.97. The van der Waals surface area contributed by atoms with Gasteiger partial charge in [-0.1, -0.05) is 32.0 Å². The van der Waals surface area contributed by atoms with E-state index >= 15 is 0 Å². The van der Waals surface area contributed by atoms with Crippen LogP contribution in [0.25, 0.3) is 11.1 Å². The van der Waals surface area contributed by atoms with E-state index in [1.54, 1.807) is 0 Å². The van der Waals surface area contributed by atoms with Crippen LogP contribution in [-0.4, -0.2) is 43.0 Å². The lowest BCUT2D eigenvalue weighted by molar-refractivity contribution is 0.0951. The highest BCUT2D eigenvalue weighted by Crippen LogP contribution is 2.27. The quantitative estimate of drug-likeness (QED) is 0.891. The Morgan fingerprint density at radius 2 is 2.00 bits per heavy atom. The lowest BCUT2D eigenvalue weighted by Crippen LogP contribution is -2.31. The third-order valence-electron chi connectivity index (χ3n) is 3.67. The molecule has 4 heteroatoms. The Balaban J connectivity index is 2.22. The van der Waals surface area contributed by atoms with E-state index < -0.39 is 0 Å². The molecule has 1 aromatic heterocycles. The van der Waals surface area contributed by atoms with E-state index in [0.29, 0.717) is 18.0 Å². The maximum absolute atomic E-state index is 12.3. The molecule has 2 rings (SSSR count). The Hall–Kier alpha value is -2.20. The molecule has 0 saturated carbocycles. The summed E-state index contributed by atoms with van der Waals surface area (Å²) in [6.07, 6.45) is 1.82. The van der Waals surface area contributed by atoms with Crippen molar-refractivity contribution in [1.82, 2.24) is 15.2 Å². The molecule has 0 fully saturated rings. The summed E-state index contributed by atoms with van der Waals surface area (Å²) in [5.41, 5.74) is 3.85. The number of carbonyl (C=O) groups is 1. The van der Waals surface area contributed by atoms with E-state index in [-0.39, 0.29) is 5.91 Å². The third kappa shape index (κ3) is 4.63. The number of nitrogens with zero attached hydrogens (tertiary/aromatic N) is 2. The topological polar surface area (TPSA) is 45.2 Å². The van der Waals surface area contributed by atoms with Gasteiger partial charge in [0, 0.05) is 30.4 Å². The van der Waals surface area contributed by atoms with Crippen LogP contribution in [0.1, 0.15) is 35.8 Å². The minimum absolute atomic E-state index is 0.0383. The van der Waals surface area contributed by atoms with Crippen LogP contribution in [0.5, 0.6) is 0 Å². The number of rotatable bonds is 6. The first-order valence-corrected chi connectivity index (χ1v) is 7.97. The van der Waals surface area contributed by atoms with Crippen LogP contribution >= 0.6 is 0 Å². The van der Waals surface area contributed by atoms with Crippen LogP contribution in [-0.2, 0) is 0 Å². The van der Waals surface area contributed by atoms with E-state index in [4.69, 9.17) is 0 Å². The molecular formula is C19H25N3O. The Morgan fingerprint density at radius 3 is 2.70 bits per heavy atom. The number of hydrogen-bond donors (Lipinski definition) is 1. The number of aromatic nitrogens is 1. The van der Waals surface area contributed by atoms with E-state index in [2.05, 4.69) is 30.2 Å². The molecule has 1 aromatic carbocycles. The number of likely N-dealkylation sites (N-methyl/N-ethyl adjacent to an activating group) is 1. The average molecular weight is 311 g/mol. The van der Waals surface area contributed by atoms with Crippen LogP contribution in [0.3, 0.4) is 0 Å². The molecule has 23 heavy (non-hydrogen) atoms. The predicted octanol–water partition coefficient (Wildman–Crippen LogP) is 3.16. The smallest absolute Gasteiger partial charge is 0.251 e. The van der Waals surface area contributed by atoms with Gasteiger partial charge in [-0.3, -0.25) is 9.78 Å². The number of amides is 1. The van der Waals surface area contributed by atoms with Crippen molar-refractivity contribution < 1.29 is 4.79 Å². The minimum atomic E-state index is -0.0383. The predicted molar refractivity (Wildman–Crippen MR) is 94.6 cm³/mol. The molecule has 122 valence electrons. The Kier molecular flexibility index (Phi) is 5.88. The first-order chi connectivity index (χ1) is 11.0. The van der Waals surface area contributed by atoms with Crippen molar-refractivity contribution in [2.24, 2.45) is 0 Å². The molecule has 0 radical (unpaired) electrons. The number of hydrogen-bond acceptors (Lipinski definition) is 3. The second-order valence-corrected chi connectivity index (χ2v) is 6.23. The summed E-state index contributed by atoms with van der Waals surface area (Å²) < 4.78 is 0. The molecule has 4 nitrogen and oxygen atoms in total. The first kappa shape index (κ1) is 17.2. The van der Waals surface area contributed by atoms with Crippen molar-refractivity contribution in [2.45, 2.75) is 19.8 Å². The fraction of sp³-hybridized carbons (Fsp3) is 0.368. The fourth-order valence-corrected chi connectivity index (χ4v) is 2.44. The molecule has 0 spiro atoms. The molecule has 0 saturated heterocycles. The molecule has 0 aliphatic heterocycles. The van der Waals surface area contributed by atoms with Gasteiger partial charge in [0.25, 0.3) is 5.91 Å². The van der Waals surface area contributed by atoms with Gasteiger partial charge in [-0.25, -0.2) is 0 Å². The zero-order valence-electron chi connectivity index (χ0n) is 14.3. The SMILES string of the molecule is CC(C)c1ncccc1-c1cccc(C(=O)NCCN(C)C)c1. The van der Waals surface area contributed by atoms with Crippen molar-refractivity contribution in [1.29, 1.82) is 0 Å². The van der Waals surface area contributed by atoms with Gasteiger partial charge in [-0.2, -0.15) is 0 Å². The van der Waals surface area contributed by atoms with Gasteiger partial charge in [0.2, 0.25) is 0 Å². The van der Waals surface area contributed by atoms with Gasteiger partial charge in [-0.05, 0) is 43.8 Å². The lowest BCUT2D eigenvalue weighted by atomic mass is 9.96. The van der Waals surface area contributed by atoms with Gasteiger partial charge in [0.05, 0.1) is 5.69 Å². The van der Waals surface area contributed by atoms with Gasteiger partial charge < -0.3 is 10.2 Å². The van der Waals surface area contributed by atoms with Gasteiger partial charge in [0.15, 0.2) is 0 Å². The van der Waals surface area contributed by atoms with Crippen molar-refractivity contribution in [3.8, 4) is 11.1 Å². The van der Waals surface area contributed by atoms with Crippen LogP contribution in [0.4, 0.5) is 0 Å². The fourth-order valence-electron chi connectivity index (χ4n) is 2.44. The van der Waals surface area contributed by atoms with Gasteiger partial charge in [0.1, 0.15) is 0 Å². The van der Waals surface area contributed by atoms with Gasteiger partial charge in [-0.15, -0.1) is 0 Å². The minimum Gasteiger partial charge on any atom is -0.351 e. The summed E-state index contributed by atoms with van der Waals surface area (Å²) in [5.74, 6) is 0.299.